The van der Waals surface area contributed by atoms with Crippen molar-refractivity contribution in [2.75, 3.05) is 13.2 Å². The van der Waals surface area contributed by atoms with Crippen LogP contribution in [0.3, 0.4) is 0 Å². The van der Waals surface area contributed by atoms with Crippen LogP contribution in [0.25, 0.3) is 0 Å². The molecule has 0 aromatic heterocycles. The molecule has 1 aromatic rings. The van der Waals surface area contributed by atoms with Crippen LogP contribution in [-0.2, 0) is 11.3 Å². The van der Waals surface area contributed by atoms with Crippen LogP contribution in [0.2, 0.25) is 0 Å². The van der Waals surface area contributed by atoms with Crippen LogP contribution < -0.4 is 5.73 Å². The fourth-order valence-electron chi connectivity index (χ4n) is 4.78. The summed E-state index contributed by atoms with van der Waals surface area (Å²) in [6.45, 7) is 3.09. The average molecular weight is 346 g/mol. The Bertz CT molecular complexity index is 603. The number of phenolic OH excluding ortho intramolecular Hbond substituents is 1. The second kappa shape index (κ2) is 7.34. The Morgan fingerprint density at radius 1 is 1.28 bits per heavy atom. The van der Waals surface area contributed by atoms with Crippen molar-refractivity contribution in [2.24, 2.45) is 28.1 Å². The normalized spacial score (nSPS) is 35.0. The molecule has 0 radical (unpaired) electrons. The first kappa shape index (κ1) is 18.2. The zero-order valence-corrected chi connectivity index (χ0v) is 15.0. The Balaban J connectivity index is 1.64. The molecule has 2 saturated carbocycles. The summed E-state index contributed by atoms with van der Waals surface area (Å²) in [6.07, 6.45) is 7.55. The number of fused-ring (bicyclic) bond motifs is 1. The third-order valence-corrected chi connectivity index (χ3v) is 6.43. The van der Waals surface area contributed by atoms with Crippen LogP contribution in [-0.4, -0.2) is 35.2 Å². The van der Waals surface area contributed by atoms with Gasteiger partial charge in [0, 0.05) is 24.1 Å². The fourth-order valence-corrected chi connectivity index (χ4v) is 4.78. The van der Waals surface area contributed by atoms with Crippen LogP contribution in [0.5, 0.6) is 5.75 Å². The molecule has 0 aliphatic heterocycles. The molecule has 5 nitrogen and oxygen atoms in total. The molecule has 1 aromatic carbocycles. The summed E-state index contributed by atoms with van der Waals surface area (Å²) in [5.74, 6) is 1.03. The van der Waals surface area contributed by atoms with Gasteiger partial charge in [0.05, 0.1) is 5.60 Å². The van der Waals surface area contributed by atoms with Gasteiger partial charge in [-0.1, -0.05) is 24.2 Å². The van der Waals surface area contributed by atoms with Crippen molar-refractivity contribution >= 4 is 6.21 Å². The summed E-state index contributed by atoms with van der Waals surface area (Å²) >= 11 is 0. The Morgan fingerprint density at radius 3 is 2.76 bits per heavy atom. The van der Waals surface area contributed by atoms with Crippen LogP contribution in [0.4, 0.5) is 0 Å². The van der Waals surface area contributed by atoms with Crippen molar-refractivity contribution in [1.82, 2.24) is 0 Å². The van der Waals surface area contributed by atoms with E-state index in [1.165, 1.54) is 5.56 Å². The summed E-state index contributed by atoms with van der Waals surface area (Å²) in [5.41, 5.74) is 5.87. The maximum absolute atomic E-state index is 11.4. The van der Waals surface area contributed by atoms with Gasteiger partial charge in [0.1, 0.15) is 12.4 Å². The molecule has 0 saturated heterocycles. The highest BCUT2D eigenvalue weighted by Crippen LogP contribution is 2.58. The first-order valence-electron chi connectivity index (χ1n) is 9.33. The molecule has 0 amide bonds. The zero-order chi connectivity index (χ0) is 17.9. The summed E-state index contributed by atoms with van der Waals surface area (Å²) in [6, 6.07) is 7.43. The molecule has 0 spiro atoms. The summed E-state index contributed by atoms with van der Waals surface area (Å²) in [7, 11) is 0. The van der Waals surface area contributed by atoms with Crippen LogP contribution in [0.1, 0.15) is 44.6 Å². The first-order valence-corrected chi connectivity index (χ1v) is 9.33. The van der Waals surface area contributed by atoms with Crippen molar-refractivity contribution in [3.8, 4) is 5.75 Å². The van der Waals surface area contributed by atoms with Crippen LogP contribution in [0.15, 0.2) is 29.4 Å². The van der Waals surface area contributed by atoms with Gasteiger partial charge < -0.3 is 20.8 Å². The van der Waals surface area contributed by atoms with E-state index in [0.29, 0.717) is 24.8 Å². The van der Waals surface area contributed by atoms with E-state index >= 15 is 0 Å². The Morgan fingerprint density at radius 2 is 2.04 bits per heavy atom. The van der Waals surface area contributed by atoms with E-state index in [0.717, 1.165) is 38.5 Å². The minimum Gasteiger partial charge on any atom is -0.508 e. The molecule has 4 atom stereocenters. The molecule has 25 heavy (non-hydrogen) atoms. The lowest BCUT2D eigenvalue weighted by Gasteiger charge is -2.48. The number of benzene rings is 1. The standard InChI is InChI=1S/C20H30N2O3/c1-19-8-6-16(12-15-2-4-18(23)5-3-15)13-20(19,24)9-7-17(19)14-22-25-11-10-21/h2-5,14,16-17,23-24H,6-13,21H2,1H3/t16-,17-,19-,20+/m1/s1. The van der Waals surface area contributed by atoms with Gasteiger partial charge in [-0.15, -0.1) is 0 Å². The molecule has 3 rings (SSSR count). The Kier molecular flexibility index (Phi) is 5.35. The van der Waals surface area contributed by atoms with E-state index in [1.54, 1.807) is 12.1 Å². The van der Waals surface area contributed by atoms with Gasteiger partial charge in [-0.25, -0.2) is 0 Å². The second-order valence-corrected chi connectivity index (χ2v) is 7.95. The molecular weight excluding hydrogens is 316 g/mol. The van der Waals surface area contributed by atoms with Crippen molar-refractivity contribution in [3.63, 3.8) is 0 Å². The third kappa shape index (κ3) is 3.67. The van der Waals surface area contributed by atoms with Gasteiger partial charge in [0.15, 0.2) is 0 Å². The van der Waals surface area contributed by atoms with Crippen molar-refractivity contribution in [1.29, 1.82) is 0 Å². The molecule has 0 unspecified atom stereocenters. The maximum atomic E-state index is 11.4. The molecule has 5 heteroatoms. The summed E-state index contributed by atoms with van der Waals surface area (Å²) in [5, 5.41) is 24.9. The highest BCUT2D eigenvalue weighted by molar-refractivity contribution is 5.62. The highest BCUT2D eigenvalue weighted by Gasteiger charge is 2.58. The lowest BCUT2D eigenvalue weighted by Crippen LogP contribution is -2.50. The van der Waals surface area contributed by atoms with Gasteiger partial charge >= 0.3 is 0 Å². The Hall–Kier alpha value is -1.59. The molecule has 138 valence electrons. The van der Waals surface area contributed by atoms with E-state index in [9.17, 15) is 10.2 Å². The molecule has 2 aliphatic carbocycles. The summed E-state index contributed by atoms with van der Waals surface area (Å²) < 4.78 is 0. The Labute approximate surface area is 149 Å². The average Bonchev–Trinajstić information content (AvgIpc) is 2.85. The van der Waals surface area contributed by atoms with Crippen LogP contribution in [0, 0.1) is 17.3 Å². The number of aromatic hydroxyl groups is 1. The van der Waals surface area contributed by atoms with Gasteiger partial charge in [0.2, 0.25) is 0 Å². The number of oxime groups is 1. The van der Waals surface area contributed by atoms with Crippen molar-refractivity contribution < 1.29 is 15.1 Å². The predicted octanol–water partition coefficient (Wildman–Crippen LogP) is 2.84. The lowest BCUT2D eigenvalue weighted by atomic mass is 9.59. The monoisotopic (exact) mass is 346 g/mol. The van der Waals surface area contributed by atoms with Gasteiger partial charge in [-0.2, -0.15) is 0 Å². The SMILES string of the molecule is C[C@]12CC[C@H](Cc3ccc(O)cc3)C[C@@]1(O)CC[C@@H]2C=NOCCN. The van der Waals surface area contributed by atoms with Gasteiger partial charge in [-0.3, -0.25) is 0 Å². The largest absolute Gasteiger partial charge is 0.508 e. The number of rotatable bonds is 6. The van der Waals surface area contributed by atoms with E-state index in [1.807, 2.05) is 18.3 Å². The quantitative estimate of drug-likeness (QED) is 0.420. The highest BCUT2D eigenvalue weighted by atomic mass is 16.6. The van der Waals surface area contributed by atoms with Gasteiger partial charge in [0.25, 0.3) is 0 Å². The molecule has 0 bridgehead atoms. The van der Waals surface area contributed by atoms with E-state index in [2.05, 4.69) is 12.1 Å². The topological polar surface area (TPSA) is 88.1 Å². The van der Waals surface area contributed by atoms with E-state index in [-0.39, 0.29) is 11.3 Å². The number of nitrogens with two attached hydrogens (primary N) is 1. The third-order valence-electron chi connectivity index (χ3n) is 6.43. The van der Waals surface area contributed by atoms with Crippen molar-refractivity contribution in [3.05, 3.63) is 29.8 Å². The zero-order valence-electron chi connectivity index (χ0n) is 15.0. The summed E-state index contributed by atoms with van der Waals surface area (Å²) in [4.78, 5) is 5.15. The molecule has 0 heterocycles. The van der Waals surface area contributed by atoms with Crippen LogP contribution >= 0.6 is 0 Å². The van der Waals surface area contributed by atoms with E-state index < -0.39 is 5.60 Å². The van der Waals surface area contributed by atoms with Crippen molar-refractivity contribution in [2.45, 2.75) is 51.0 Å². The number of phenols is 1. The fraction of sp³-hybridized carbons (Fsp3) is 0.650. The minimum absolute atomic E-state index is 0.131. The molecular formula is C20H30N2O3. The lowest BCUT2D eigenvalue weighted by molar-refractivity contribution is -0.106. The maximum Gasteiger partial charge on any atom is 0.129 e. The molecule has 4 N–H and O–H groups in total. The number of hydrogen-bond acceptors (Lipinski definition) is 5. The second-order valence-electron chi connectivity index (χ2n) is 7.95. The predicted molar refractivity (Wildman–Crippen MR) is 98.4 cm³/mol. The van der Waals surface area contributed by atoms with Gasteiger partial charge in [-0.05, 0) is 62.1 Å². The number of aliphatic hydroxyl groups is 1. The number of nitrogens with zero attached hydrogens (tertiary/aromatic N) is 1. The molecule has 2 aliphatic rings. The number of hydrogen-bond donors (Lipinski definition) is 3. The molecule has 2 fully saturated rings. The first-order chi connectivity index (χ1) is 12.0. The van der Waals surface area contributed by atoms with E-state index in [4.69, 9.17) is 10.6 Å². The minimum atomic E-state index is -0.628. The smallest absolute Gasteiger partial charge is 0.129 e.